The van der Waals surface area contributed by atoms with Gasteiger partial charge in [0.05, 0.1) is 6.10 Å². The van der Waals surface area contributed by atoms with Gasteiger partial charge in [0.2, 0.25) is 0 Å². The third-order valence-electron chi connectivity index (χ3n) is 0.910. The first-order chi connectivity index (χ1) is 3.77. The minimum absolute atomic E-state index is 0.247. The molecule has 0 aromatic heterocycles. The fourth-order valence-electron chi connectivity index (χ4n) is 0.477. The van der Waals surface area contributed by atoms with Crippen LogP contribution in [0.25, 0.3) is 0 Å². The van der Waals surface area contributed by atoms with E-state index >= 15 is 0 Å². The van der Waals surface area contributed by atoms with Gasteiger partial charge in [0.1, 0.15) is 0 Å². The van der Waals surface area contributed by atoms with Gasteiger partial charge in [-0.1, -0.05) is 0 Å². The zero-order valence-corrected chi connectivity index (χ0v) is 5.09. The molecule has 3 nitrogen and oxygen atoms in total. The Morgan fingerprint density at radius 1 is 1.62 bits per heavy atom. The van der Waals surface area contributed by atoms with Crippen molar-refractivity contribution in [3.63, 3.8) is 0 Å². The van der Waals surface area contributed by atoms with Crippen LogP contribution in [-0.2, 0) is 0 Å². The van der Waals surface area contributed by atoms with E-state index in [4.69, 9.17) is 10.3 Å². The molecular formula is C5H13NO2. The third-order valence-corrected chi connectivity index (χ3v) is 0.910. The number of aliphatic hydroxyl groups excluding tert-OH is 1. The molecule has 0 spiro atoms. The molecule has 0 saturated heterocycles. The lowest BCUT2D eigenvalue weighted by Crippen LogP contribution is -2.11. The first-order valence-corrected chi connectivity index (χ1v) is 2.82. The highest BCUT2D eigenvalue weighted by Gasteiger charge is 1.92. The Hall–Kier alpha value is -0.120. The highest BCUT2D eigenvalue weighted by atomic mass is 16.5. The topological polar surface area (TPSA) is 52.5 Å². The van der Waals surface area contributed by atoms with Crippen molar-refractivity contribution in [3.05, 3.63) is 0 Å². The van der Waals surface area contributed by atoms with E-state index in [-0.39, 0.29) is 6.10 Å². The van der Waals surface area contributed by atoms with Crippen molar-refractivity contribution >= 4 is 0 Å². The molecule has 0 rings (SSSR count). The molecule has 0 fully saturated rings. The Morgan fingerprint density at radius 3 is 2.62 bits per heavy atom. The van der Waals surface area contributed by atoms with E-state index in [1.54, 1.807) is 6.92 Å². The molecular weight excluding hydrogens is 106 g/mol. The van der Waals surface area contributed by atoms with E-state index in [2.05, 4.69) is 0 Å². The molecule has 3 heteroatoms. The molecule has 1 atom stereocenters. The Balaban J connectivity index is 2.72. The van der Waals surface area contributed by atoms with Gasteiger partial charge in [0.15, 0.2) is 0 Å². The lowest BCUT2D eigenvalue weighted by molar-refractivity contribution is 0.146. The minimum atomic E-state index is -0.247. The standard InChI is InChI=1S/C5H13NO2/c1-5(7)3-2-4-6-8/h5-8H,2-4H2,1H3. The van der Waals surface area contributed by atoms with Crippen molar-refractivity contribution in [1.29, 1.82) is 0 Å². The quantitative estimate of drug-likeness (QED) is 0.364. The maximum absolute atomic E-state index is 8.67. The van der Waals surface area contributed by atoms with Crippen molar-refractivity contribution in [2.75, 3.05) is 6.54 Å². The van der Waals surface area contributed by atoms with Crippen LogP contribution < -0.4 is 5.48 Å². The zero-order valence-electron chi connectivity index (χ0n) is 5.09. The van der Waals surface area contributed by atoms with Crippen LogP contribution in [0.3, 0.4) is 0 Å². The summed E-state index contributed by atoms with van der Waals surface area (Å²) in [5, 5.41) is 16.7. The maximum atomic E-state index is 8.67. The molecule has 0 amide bonds. The molecule has 0 aliphatic carbocycles. The molecule has 0 aromatic carbocycles. The number of aliphatic hydroxyl groups is 1. The van der Waals surface area contributed by atoms with E-state index in [1.807, 2.05) is 5.48 Å². The van der Waals surface area contributed by atoms with E-state index in [0.29, 0.717) is 6.54 Å². The molecule has 50 valence electrons. The molecule has 0 aromatic rings. The summed E-state index contributed by atoms with van der Waals surface area (Å²) in [5.74, 6) is 0. The van der Waals surface area contributed by atoms with Crippen molar-refractivity contribution in [2.24, 2.45) is 0 Å². The van der Waals surface area contributed by atoms with E-state index in [9.17, 15) is 0 Å². The molecule has 0 heterocycles. The molecule has 0 aliphatic heterocycles. The molecule has 0 radical (unpaired) electrons. The maximum Gasteiger partial charge on any atom is 0.0512 e. The lowest BCUT2D eigenvalue weighted by atomic mass is 10.2. The largest absolute Gasteiger partial charge is 0.393 e. The Bertz CT molecular complexity index is 47.7. The highest BCUT2D eigenvalue weighted by molar-refractivity contribution is 4.46. The third kappa shape index (κ3) is 5.88. The average Bonchev–Trinajstić information content (AvgIpc) is 1.66. The number of hydrogen-bond donors (Lipinski definition) is 3. The minimum Gasteiger partial charge on any atom is -0.393 e. The Kier molecular flexibility index (Phi) is 4.95. The number of hydroxylamine groups is 1. The van der Waals surface area contributed by atoms with Crippen LogP contribution in [0.1, 0.15) is 19.8 Å². The second-order valence-electron chi connectivity index (χ2n) is 1.90. The van der Waals surface area contributed by atoms with Gasteiger partial charge in [-0.2, -0.15) is 0 Å². The van der Waals surface area contributed by atoms with Crippen LogP contribution in [0, 0.1) is 0 Å². The molecule has 0 saturated carbocycles. The van der Waals surface area contributed by atoms with Gasteiger partial charge in [-0.25, -0.2) is 5.48 Å². The molecule has 0 aliphatic rings. The predicted molar refractivity (Wildman–Crippen MR) is 30.7 cm³/mol. The van der Waals surface area contributed by atoms with Crippen molar-refractivity contribution in [3.8, 4) is 0 Å². The lowest BCUT2D eigenvalue weighted by Gasteiger charge is -2.00. The van der Waals surface area contributed by atoms with Crippen molar-refractivity contribution in [2.45, 2.75) is 25.9 Å². The summed E-state index contributed by atoms with van der Waals surface area (Å²) < 4.78 is 0. The van der Waals surface area contributed by atoms with E-state index in [1.165, 1.54) is 0 Å². The summed E-state index contributed by atoms with van der Waals surface area (Å²) in [6.45, 7) is 2.29. The van der Waals surface area contributed by atoms with Gasteiger partial charge in [0, 0.05) is 6.54 Å². The highest BCUT2D eigenvalue weighted by Crippen LogP contribution is 1.92. The van der Waals surface area contributed by atoms with Crippen molar-refractivity contribution < 1.29 is 10.3 Å². The first-order valence-electron chi connectivity index (χ1n) is 2.82. The summed E-state index contributed by atoms with van der Waals surface area (Å²) in [4.78, 5) is 0. The van der Waals surface area contributed by atoms with Gasteiger partial charge in [-0.05, 0) is 19.8 Å². The second kappa shape index (κ2) is 5.03. The SMILES string of the molecule is CC(O)CCCNO. The summed E-state index contributed by atoms with van der Waals surface area (Å²) in [6, 6.07) is 0. The molecule has 0 bridgehead atoms. The van der Waals surface area contributed by atoms with Gasteiger partial charge >= 0.3 is 0 Å². The van der Waals surface area contributed by atoms with Gasteiger partial charge in [-0.15, -0.1) is 0 Å². The Morgan fingerprint density at radius 2 is 2.25 bits per heavy atom. The summed E-state index contributed by atoms with van der Waals surface area (Å²) in [7, 11) is 0. The normalized spacial score (nSPS) is 13.9. The second-order valence-corrected chi connectivity index (χ2v) is 1.90. The molecule has 3 N–H and O–H groups in total. The smallest absolute Gasteiger partial charge is 0.0512 e. The Labute approximate surface area is 49.3 Å². The number of hydrogen-bond acceptors (Lipinski definition) is 3. The van der Waals surface area contributed by atoms with E-state index < -0.39 is 0 Å². The molecule has 1 unspecified atom stereocenters. The fourth-order valence-corrected chi connectivity index (χ4v) is 0.477. The predicted octanol–water partition coefficient (Wildman–Crippen LogP) is 0.126. The fraction of sp³-hybridized carbons (Fsp3) is 1.00. The first kappa shape index (κ1) is 7.88. The van der Waals surface area contributed by atoms with E-state index in [0.717, 1.165) is 12.8 Å². The van der Waals surface area contributed by atoms with Crippen LogP contribution in [0.4, 0.5) is 0 Å². The average molecular weight is 119 g/mol. The van der Waals surface area contributed by atoms with Crippen LogP contribution in [0.5, 0.6) is 0 Å². The van der Waals surface area contributed by atoms with Crippen molar-refractivity contribution in [1.82, 2.24) is 5.48 Å². The monoisotopic (exact) mass is 119 g/mol. The summed E-state index contributed by atoms with van der Waals surface area (Å²) in [5.41, 5.74) is 2.01. The van der Waals surface area contributed by atoms with Crippen LogP contribution in [-0.4, -0.2) is 23.0 Å². The summed E-state index contributed by atoms with van der Waals surface area (Å²) >= 11 is 0. The van der Waals surface area contributed by atoms with Gasteiger partial charge in [0.25, 0.3) is 0 Å². The van der Waals surface area contributed by atoms with Crippen LogP contribution in [0.2, 0.25) is 0 Å². The number of rotatable bonds is 4. The van der Waals surface area contributed by atoms with Gasteiger partial charge < -0.3 is 10.3 Å². The molecule has 8 heavy (non-hydrogen) atoms. The number of nitrogens with one attached hydrogen (secondary N) is 1. The van der Waals surface area contributed by atoms with Crippen LogP contribution >= 0.6 is 0 Å². The summed E-state index contributed by atoms with van der Waals surface area (Å²) in [6.07, 6.45) is 1.31. The zero-order chi connectivity index (χ0) is 6.41. The van der Waals surface area contributed by atoms with Crippen LogP contribution in [0.15, 0.2) is 0 Å². The van der Waals surface area contributed by atoms with Gasteiger partial charge in [-0.3, -0.25) is 0 Å².